The van der Waals surface area contributed by atoms with Crippen LogP contribution in [-0.2, 0) is 4.89 Å². The minimum Gasteiger partial charge on any atom is -0.337 e. The van der Waals surface area contributed by atoms with Gasteiger partial charge >= 0.3 is 0 Å². The van der Waals surface area contributed by atoms with Crippen LogP contribution >= 0.6 is 0 Å². The van der Waals surface area contributed by atoms with Crippen molar-refractivity contribution in [2.45, 2.75) is 46.1 Å². The fraction of sp³-hybridized carbons (Fsp3) is 0.538. The predicted octanol–water partition coefficient (Wildman–Crippen LogP) is 3.94. The van der Waals surface area contributed by atoms with E-state index in [1.54, 1.807) is 0 Å². The van der Waals surface area contributed by atoms with E-state index >= 15 is 0 Å². The standard InChI is InChI=1S/C13H20O2.H2O2/c1-10(2)11-8-6-7-9-12(11)14-15-13(3,4)5;1-2/h6-10H,1-5H3;1-2H. The van der Waals surface area contributed by atoms with E-state index in [0.29, 0.717) is 5.92 Å². The monoisotopic (exact) mass is 242 g/mol. The third-order valence-electron chi connectivity index (χ3n) is 1.92. The molecule has 1 aromatic rings. The van der Waals surface area contributed by atoms with Gasteiger partial charge in [0.2, 0.25) is 0 Å². The zero-order valence-electron chi connectivity index (χ0n) is 11.1. The molecule has 1 rings (SSSR count). The molecular formula is C13H22O4. The Hall–Kier alpha value is -1.10. The highest BCUT2D eigenvalue weighted by Crippen LogP contribution is 2.27. The molecule has 17 heavy (non-hydrogen) atoms. The maximum Gasteiger partial charge on any atom is 0.168 e. The zero-order valence-corrected chi connectivity index (χ0v) is 11.1. The molecule has 0 aliphatic rings. The smallest absolute Gasteiger partial charge is 0.168 e. The molecule has 0 saturated carbocycles. The molecule has 0 spiro atoms. The van der Waals surface area contributed by atoms with Crippen LogP contribution in [0.2, 0.25) is 0 Å². The molecule has 0 aromatic heterocycles. The molecular weight excluding hydrogens is 220 g/mol. The van der Waals surface area contributed by atoms with Crippen LogP contribution in [-0.4, -0.2) is 16.1 Å². The van der Waals surface area contributed by atoms with Crippen molar-refractivity contribution in [3.8, 4) is 5.75 Å². The van der Waals surface area contributed by atoms with E-state index in [9.17, 15) is 0 Å². The first kappa shape index (κ1) is 15.9. The molecule has 4 heteroatoms. The molecule has 0 atom stereocenters. The maximum absolute atomic E-state index is 6.00. The molecule has 0 bridgehead atoms. The Morgan fingerprint density at radius 1 is 1.06 bits per heavy atom. The Kier molecular flexibility index (Phi) is 6.80. The van der Waals surface area contributed by atoms with Crippen LogP contribution in [0.1, 0.15) is 46.1 Å². The summed E-state index contributed by atoms with van der Waals surface area (Å²) in [4.78, 5) is 10.7. The first-order chi connectivity index (χ1) is 7.90. The number of benzene rings is 1. The lowest BCUT2D eigenvalue weighted by molar-refractivity contribution is -0.275. The van der Waals surface area contributed by atoms with Gasteiger partial charge in [0.25, 0.3) is 0 Å². The summed E-state index contributed by atoms with van der Waals surface area (Å²) in [6.07, 6.45) is 0. The Balaban J connectivity index is 0.00000121. The van der Waals surface area contributed by atoms with Crippen molar-refractivity contribution in [3.63, 3.8) is 0 Å². The summed E-state index contributed by atoms with van der Waals surface area (Å²) < 4.78 is 0. The summed E-state index contributed by atoms with van der Waals surface area (Å²) in [5.74, 6) is 1.24. The van der Waals surface area contributed by atoms with Gasteiger partial charge in [-0.25, -0.2) is 0 Å². The summed E-state index contributed by atoms with van der Waals surface area (Å²) in [5.41, 5.74) is 0.881. The summed E-state index contributed by atoms with van der Waals surface area (Å²) in [5, 5.41) is 12.0. The van der Waals surface area contributed by atoms with Gasteiger partial charge in [0, 0.05) is 5.56 Å². The Labute approximate surface area is 103 Å². The van der Waals surface area contributed by atoms with Gasteiger partial charge in [0.15, 0.2) is 5.75 Å². The van der Waals surface area contributed by atoms with Crippen molar-refractivity contribution in [1.82, 2.24) is 0 Å². The molecule has 0 radical (unpaired) electrons. The van der Waals surface area contributed by atoms with Crippen molar-refractivity contribution in [1.29, 1.82) is 0 Å². The van der Waals surface area contributed by atoms with Crippen molar-refractivity contribution in [3.05, 3.63) is 29.8 Å². The Morgan fingerprint density at radius 2 is 1.59 bits per heavy atom. The number of hydrogen-bond acceptors (Lipinski definition) is 4. The molecule has 0 aliphatic heterocycles. The van der Waals surface area contributed by atoms with Crippen LogP contribution in [0.25, 0.3) is 0 Å². The Morgan fingerprint density at radius 3 is 2.06 bits per heavy atom. The molecule has 0 unspecified atom stereocenters. The SMILES string of the molecule is CC(C)c1ccccc1OOC(C)(C)C.OO. The molecule has 98 valence electrons. The minimum atomic E-state index is -0.288. The van der Waals surface area contributed by atoms with Crippen LogP contribution in [0.3, 0.4) is 0 Å². The molecule has 0 fully saturated rings. The highest BCUT2D eigenvalue weighted by atomic mass is 17.2. The summed E-state index contributed by atoms with van der Waals surface area (Å²) >= 11 is 0. The van der Waals surface area contributed by atoms with Gasteiger partial charge in [-0.3, -0.25) is 10.5 Å². The van der Waals surface area contributed by atoms with Crippen molar-refractivity contribution >= 4 is 0 Å². The molecule has 0 saturated heterocycles. The zero-order chi connectivity index (χ0) is 13.5. The first-order valence-electron chi connectivity index (χ1n) is 5.55. The molecule has 0 heterocycles. The maximum atomic E-state index is 6.00. The third-order valence-corrected chi connectivity index (χ3v) is 1.92. The lowest BCUT2D eigenvalue weighted by Gasteiger charge is -2.19. The van der Waals surface area contributed by atoms with Crippen LogP contribution in [0.4, 0.5) is 0 Å². The number of para-hydroxylation sites is 1. The normalized spacial score (nSPS) is 10.8. The average molecular weight is 242 g/mol. The first-order valence-corrected chi connectivity index (χ1v) is 5.55. The van der Waals surface area contributed by atoms with Gasteiger partial charge in [-0.1, -0.05) is 32.0 Å². The van der Waals surface area contributed by atoms with Gasteiger partial charge in [-0.15, -0.1) is 0 Å². The highest BCUT2D eigenvalue weighted by Gasteiger charge is 2.14. The second-order valence-electron chi connectivity index (χ2n) is 4.97. The quantitative estimate of drug-likeness (QED) is 0.622. The largest absolute Gasteiger partial charge is 0.337 e. The summed E-state index contributed by atoms with van der Waals surface area (Å²) in [7, 11) is 0. The predicted molar refractivity (Wildman–Crippen MR) is 67.3 cm³/mol. The van der Waals surface area contributed by atoms with E-state index in [4.69, 9.17) is 20.3 Å². The molecule has 0 amide bonds. The second-order valence-corrected chi connectivity index (χ2v) is 4.97. The fourth-order valence-electron chi connectivity index (χ4n) is 1.20. The lowest BCUT2D eigenvalue weighted by atomic mass is 10.0. The lowest BCUT2D eigenvalue weighted by Crippen LogP contribution is -2.21. The fourth-order valence-corrected chi connectivity index (χ4v) is 1.20. The average Bonchev–Trinajstić information content (AvgIpc) is 2.28. The van der Waals surface area contributed by atoms with Crippen molar-refractivity contribution < 1.29 is 20.3 Å². The van der Waals surface area contributed by atoms with Gasteiger partial charge in [0.1, 0.15) is 5.60 Å². The van der Waals surface area contributed by atoms with E-state index in [0.717, 1.165) is 5.75 Å². The molecule has 2 N–H and O–H groups in total. The summed E-state index contributed by atoms with van der Waals surface area (Å²) in [6, 6.07) is 7.96. The van der Waals surface area contributed by atoms with Gasteiger partial charge in [0.05, 0.1) is 0 Å². The topological polar surface area (TPSA) is 58.9 Å². The number of rotatable bonds is 3. The number of hydrogen-bond donors (Lipinski definition) is 2. The van der Waals surface area contributed by atoms with Crippen LogP contribution in [0.5, 0.6) is 5.75 Å². The molecule has 1 aromatic carbocycles. The molecule has 0 aliphatic carbocycles. The third kappa shape index (κ3) is 6.26. The van der Waals surface area contributed by atoms with E-state index in [1.807, 2.05) is 39.0 Å². The van der Waals surface area contributed by atoms with E-state index in [2.05, 4.69) is 19.9 Å². The van der Waals surface area contributed by atoms with Crippen LogP contribution in [0.15, 0.2) is 24.3 Å². The van der Waals surface area contributed by atoms with Crippen molar-refractivity contribution in [2.75, 3.05) is 0 Å². The second kappa shape index (κ2) is 7.27. The highest BCUT2D eigenvalue weighted by molar-refractivity contribution is 5.35. The minimum absolute atomic E-state index is 0.288. The van der Waals surface area contributed by atoms with E-state index in [-0.39, 0.29) is 5.60 Å². The molecule has 4 nitrogen and oxygen atoms in total. The van der Waals surface area contributed by atoms with Gasteiger partial charge < -0.3 is 4.89 Å². The van der Waals surface area contributed by atoms with E-state index < -0.39 is 0 Å². The Bertz CT molecular complexity index is 315. The van der Waals surface area contributed by atoms with Crippen LogP contribution in [0, 0.1) is 0 Å². The summed E-state index contributed by atoms with van der Waals surface area (Å²) in [6.45, 7) is 10.2. The van der Waals surface area contributed by atoms with E-state index in [1.165, 1.54) is 5.56 Å². The van der Waals surface area contributed by atoms with Gasteiger partial charge in [-0.2, -0.15) is 4.89 Å². The van der Waals surface area contributed by atoms with Gasteiger partial charge in [-0.05, 0) is 32.8 Å². The van der Waals surface area contributed by atoms with Crippen LogP contribution < -0.4 is 4.89 Å². The van der Waals surface area contributed by atoms with Crippen molar-refractivity contribution in [2.24, 2.45) is 0 Å².